The zero-order chi connectivity index (χ0) is 12.8. The normalized spacial score (nSPS) is 12.0. The Balaban J connectivity index is 2.66. The maximum atomic E-state index is 11.7. The fourth-order valence-electron chi connectivity index (χ4n) is 1.09. The van der Waals surface area contributed by atoms with Gasteiger partial charge >= 0.3 is 0 Å². The molecule has 6 nitrogen and oxygen atoms in total. The van der Waals surface area contributed by atoms with Gasteiger partial charge in [0.25, 0.3) is 5.91 Å². The number of pyridine rings is 1. The fraction of sp³-hybridized carbons (Fsp3) is 0.400. The van der Waals surface area contributed by atoms with Crippen molar-refractivity contribution in [3.05, 3.63) is 22.8 Å². The van der Waals surface area contributed by atoms with Gasteiger partial charge in [0.15, 0.2) is 5.82 Å². The molecule has 0 saturated carbocycles. The summed E-state index contributed by atoms with van der Waals surface area (Å²) in [5.41, 5.74) is 2.70. The average Bonchev–Trinajstić information content (AvgIpc) is 2.35. The minimum atomic E-state index is -0.258. The first-order valence-corrected chi connectivity index (χ1v) is 5.39. The van der Waals surface area contributed by atoms with Crippen molar-refractivity contribution in [2.75, 3.05) is 19.1 Å². The number of carbonyl (C=O) groups is 1. The lowest BCUT2D eigenvalue weighted by atomic mass is 10.2. The number of nitrogen functional groups attached to an aromatic ring is 1. The summed E-state index contributed by atoms with van der Waals surface area (Å²) < 4.78 is 5.01. The summed E-state index contributed by atoms with van der Waals surface area (Å²) in [6.07, 6.45) is 1.35. The molecule has 0 aromatic carbocycles. The summed E-state index contributed by atoms with van der Waals surface area (Å²) >= 11 is 5.85. The summed E-state index contributed by atoms with van der Waals surface area (Å²) in [6.45, 7) is 2.27. The Morgan fingerprint density at radius 3 is 2.94 bits per heavy atom. The molecule has 0 radical (unpaired) electrons. The zero-order valence-corrected chi connectivity index (χ0v) is 10.4. The van der Waals surface area contributed by atoms with Crippen LogP contribution in [0, 0.1) is 0 Å². The Bertz CT molecular complexity index is 400. The summed E-state index contributed by atoms with van der Waals surface area (Å²) in [6, 6.07) is 1.50. The molecule has 1 aromatic heterocycles. The van der Waals surface area contributed by atoms with Gasteiger partial charge in [-0.15, -0.1) is 0 Å². The zero-order valence-electron chi connectivity index (χ0n) is 9.66. The number of methoxy groups -OCH3 is 1. The number of hydrogen-bond donors (Lipinski definition) is 3. The number of rotatable bonds is 5. The first kappa shape index (κ1) is 13.7. The summed E-state index contributed by atoms with van der Waals surface area (Å²) in [4.78, 5) is 15.6. The first-order valence-electron chi connectivity index (χ1n) is 5.01. The van der Waals surface area contributed by atoms with Gasteiger partial charge in [-0.25, -0.2) is 10.8 Å². The molecule has 0 spiro atoms. The number of carbonyl (C=O) groups excluding carboxylic acids is 1. The lowest BCUT2D eigenvalue weighted by Crippen LogP contribution is -2.31. The van der Waals surface area contributed by atoms with E-state index >= 15 is 0 Å². The highest BCUT2D eigenvalue weighted by molar-refractivity contribution is 6.33. The van der Waals surface area contributed by atoms with Gasteiger partial charge in [-0.2, -0.15) is 0 Å². The Morgan fingerprint density at radius 2 is 2.41 bits per heavy atom. The smallest absolute Gasteiger partial charge is 0.252 e. The number of amides is 1. The third-order valence-corrected chi connectivity index (χ3v) is 2.48. The number of anilines is 1. The van der Waals surface area contributed by atoms with Gasteiger partial charge in [0.1, 0.15) is 0 Å². The van der Waals surface area contributed by atoms with Crippen molar-refractivity contribution < 1.29 is 9.53 Å². The maximum absolute atomic E-state index is 11.7. The van der Waals surface area contributed by atoms with Gasteiger partial charge in [-0.3, -0.25) is 4.79 Å². The second kappa shape index (κ2) is 6.39. The van der Waals surface area contributed by atoms with E-state index in [0.29, 0.717) is 22.9 Å². The van der Waals surface area contributed by atoms with Crippen molar-refractivity contribution in [1.29, 1.82) is 0 Å². The molecule has 1 unspecified atom stereocenters. The van der Waals surface area contributed by atoms with Crippen LogP contribution in [0.1, 0.15) is 17.3 Å². The Morgan fingerprint density at radius 1 is 1.71 bits per heavy atom. The van der Waals surface area contributed by atoms with Crippen LogP contribution < -0.4 is 16.6 Å². The van der Waals surface area contributed by atoms with E-state index in [-0.39, 0.29) is 12.0 Å². The van der Waals surface area contributed by atoms with Crippen molar-refractivity contribution in [1.82, 2.24) is 10.3 Å². The van der Waals surface area contributed by atoms with Crippen molar-refractivity contribution in [3.8, 4) is 0 Å². The molecule has 1 amide bonds. The third-order valence-electron chi connectivity index (χ3n) is 2.19. The maximum Gasteiger partial charge on any atom is 0.252 e. The highest BCUT2D eigenvalue weighted by Crippen LogP contribution is 2.18. The predicted molar refractivity (Wildman–Crippen MR) is 65.9 cm³/mol. The van der Waals surface area contributed by atoms with Crippen molar-refractivity contribution in [3.63, 3.8) is 0 Å². The van der Waals surface area contributed by atoms with Crippen molar-refractivity contribution in [2.24, 2.45) is 5.84 Å². The number of nitrogens with two attached hydrogens (primary N) is 1. The molecule has 7 heteroatoms. The molecular formula is C10H15ClN4O2. The number of hydrogen-bond acceptors (Lipinski definition) is 5. The number of hydrazine groups is 1. The van der Waals surface area contributed by atoms with Crippen LogP contribution in [0.15, 0.2) is 12.3 Å². The molecule has 0 aliphatic carbocycles. The molecule has 0 fully saturated rings. The lowest BCUT2D eigenvalue weighted by Gasteiger charge is -2.11. The molecule has 0 bridgehead atoms. The van der Waals surface area contributed by atoms with Gasteiger partial charge in [0.2, 0.25) is 0 Å². The lowest BCUT2D eigenvalue weighted by molar-refractivity contribution is 0.0870. The fourth-order valence-corrected chi connectivity index (χ4v) is 1.31. The van der Waals surface area contributed by atoms with Crippen LogP contribution in [-0.2, 0) is 4.74 Å². The second-order valence-corrected chi connectivity index (χ2v) is 3.86. The van der Waals surface area contributed by atoms with Gasteiger partial charge in [-0.1, -0.05) is 11.6 Å². The van der Waals surface area contributed by atoms with E-state index in [1.165, 1.54) is 12.3 Å². The van der Waals surface area contributed by atoms with Crippen LogP contribution in [0.4, 0.5) is 5.82 Å². The minimum absolute atomic E-state index is 0.0487. The van der Waals surface area contributed by atoms with Crippen LogP contribution in [-0.4, -0.2) is 30.6 Å². The SMILES string of the molecule is COC(C)CNC(=O)c1cnc(NN)c(Cl)c1. The highest BCUT2D eigenvalue weighted by atomic mass is 35.5. The van der Waals surface area contributed by atoms with Crippen LogP contribution >= 0.6 is 11.6 Å². The van der Waals surface area contributed by atoms with E-state index in [1.54, 1.807) is 7.11 Å². The number of aromatic nitrogens is 1. The monoisotopic (exact) mass is 258 g/mol. The predicted octanol–water partition coefficient (Wildman–Crippen LogP) is 0.785. The van der Waals surface area contributed by atoms with Gasteiger partial charge in [0.05, 0.1) is 16.7 Å². The summed E-state index contributed by atoms with van der Waals surface area (Å²) in [7, 11) is 1.58. The van der Waals surface area contributed by atoms with Crippen molar-refractivity contribution >= 4 is 23.3 Å². The first-order chi connectivity index (χ1) is 8.08. The molecule has 0 saturated heterocycles. The van der Waals surface area contributed by atoms with Gasteiger partial charge in [0, 0.05) is 19.9 Å². The van der Waals surface area contributed by atoms with Crippen LogP contribution in [0.5, 0.6) is 0 Å². The number of halogens is 1. The molecule has 17 heavy (non-hydrogen) atoms. The van der Waals surface area contributed by atoms with E-state index in [2.05, 4.69) is 15.7 Å². The molecule has 1 heterocycles. The highest BCUT2D eigenvalue weighted by Gasteiger charge is 2.10. The number of ether oxygens (including phenoxy) is 1. The third kappa shape index (κ3) is 3.85. The molecular weight excluding hydrogens is 244 g/mol. The topological polar surface area (TPSA) is 89.3 Å². The van der Waals surface area contributed by atoms with E-state index in [4.69, 9.17) is 22.2 Å². The standard InChI is InChI=1S/C10H15ClN4O2/c1-6(17-2)4-14-10(16)7-3-8(11)9(15-12)13-5-7/h3,5-6H,4,12H2,1-2H3,(H,13,15)(H,14,16). The Kier molecular flexibility index (Phi) is 5.14. The Hall–Kier alpha value is -1.37. The molecule has 94 valence electrons. The van der Waals surface area contributed by atoms with Gasteiger partial charge in [-0.05, 0) is 13.0 Å². The molecule has 0 aliphatic heterocycles. The quantitative estimate of drug-likeness (QED) is 0.537. The summed E-state index contributed by atoms with van der Waals surface area (Å²) in [5, 5.41) is 2.99. The largest absolute Gasteiger partial charge is 0.380 e. The van der Waals surface area contributed by atoms with Gasteiger partial charge < -0.3 is 15.5 Å². The molecule has 1 rings (SSSR count). The minimum Gasteiger partial charge on any atom is -0.380 e. The summed E-state index contributed by atoms with van der Waals surface area (Å²) in [5.74, 6) is 5.25. The number of nitrogens with zero attached hydrogens (tertiary/aromatic N) is 1. The van der Waals surface area contributed by atoms with Crippen molar-refractivity contribution in [2.45, 2.75) is 13.0 Å². The van der Waals surface area contributed by atoms with Crippen LogP contribution in [0.3, 0.4) is 0 Å². The van der Waals surface area contributed by atoms with Crippen LogP contribution in [0.2, 0.25) is 5.02 Å². The average molecular weight is 259 g/mol. The van der Waals surface area contributed by atoms with E-state index in [9.17, 15) is 4.79 Å². The van der Waals surface area contributed by atoms with E-state index < -0.39 is 0 Å². The Labute approximate surface area is 104 Å². The van der Waals surface area contributed by atoms with E-state index in [0.717, 1.165) is 0 Å². The van der Waals surface area contributed by atoms with Crippen LogP contribution in [0.25, 0.3) is 0 Å². The second-order valence-electron chi connectivity index (χ2n) is 3.46. The number of nitrogens with one attached hydrogen (secondary N) is 2. The molecule has 0 aliphatic rings. The molecule has 1 atom stereocenters. The molecule has 4 N–H and O–H groups in total. The van der Waals surface area contributed by atoms with E-state index in [1.807, 2.05) is 6.92 Å². The molecule has 1 aromatic rings.